The zero-order chi connectivity index (χ0) is 7.07. The molecule has 1 N–H and O–H groups in total. The summed E-state index contributed by atoms with van der Waals surface area (Å²) in [5, 5.41) is 0. The molecule has 104 valence electrons. The minimum atomic E-state index is 0. The van der Waals surface area contributed by atoms with E-state index in [2.05, 4.69) is 23.3 Å². The molecule has 0 amide bonds. The van der Waals surface area contributed by atoms with Crippen LogP contribution in [0.25, 0.3) is 0 Å². The van der Waals surface area contributed by atoms with Crippen molar-refractivity contribution >= 4 is 24.8 Å². The summed E-state index contributed by atoms with van der Waals surface area (Å²) in [6.45, 7) is 0. The number of hydrogen-bond donors (Lipinski definition) is 1. The fourth-order valence-corrected chi connectivity index (χ4v) is 0.581. The summed E-state index contributed by atoms with van der Waals surface area (Å²) in [6, 6.07) is 3.71. The maximum Gasteiger partial charge on any atom is 0 e. The van der Waals surface area contributed by atoms with Gasteiger partial charge in [-0.2, -0.15) is 24.4 Å². The zero-order valence-corrected chi connectivity index (χ0v) is 15.1. The fourth-order valence-electron chi connectivity index (χ4n) is 0.581. The van der Waals surface area contributed by atoms with E-state index in [9.17, 15) is 0 Å². The largest absolute Gasteiger partial charge is 0.484 e. The van der Waals surface area contributed by atoms with Crippen LogP contribution in [0, 0.1) is 42.0 Å². The predicted molar refractivity (Wildman–Crippen MR) is 81.4 cm³/mol. The molecule has 0 bridgehead atoms. The molecule has 4 heteroatoms. The molecule has 0 aromatic carbocycles. The van der Waals surface area contributed by atoms with Crippen molar-refractivity contribution in [3.05, 3.63) is 78.5 Å². The molecule has 1 aromatic rings. The van der Waals surface area contributed by atoms with Gasteiger partial charge in [-0.15, -0.1) is 37.4 Å². The van der Waals surface area contributed by atoms with Crippen molar-refractivity contribution in [2.24, 2.45) is 0 Å². The SMILES string of the molecule is Cl.Cl.[C-]1=CC=CC1.[CH3-].[CH3-].[CH3-].[CH3-].[Zr].[c-]1ccc[nH]1. The molecular weight excluding hydrogens is 332 g/mol. The molecule has 1 aromatic heterocycles. The molecule has 0 fully saturated rings. The number of nitrogens with one attached hydrogen (secondary N) is 1. The van der Waals surface area contributed by atoms with Gasteiger partial charge in [0, 0.05) is 26.2 Å². The molecule has 2 rings (SSSR count). The van der Waals surface area contributed by atoms with Crippen LogP contribution in [-0.2, 0) is 26.2 Å². The summed E-state index contributed by atoms with van der Waals surface area (Å²) in [6.07, 6.45) is 14.6. The van der Waals surface area contributed by atoms with Gasteiger partial charge in [0.25, 0.3) is 0 Å². The van der Waals surface area contributed by atoms with E-state index < -0.39 is 0 Å². The Bertz CT molecular complexity index is 182. The molecule has 1 aliphatic carbocycles. The third-order valence-electron chi connectivity index (χ3n) is 1.03. The average molecular weight is 355 g/mol. The molecule has 0 spiro atoms. The third kappa shape index (κ3) is 31.4. The van der Waals surface area contributed by atoms with E-state index in [1.54, 1.807) is 0 Å². The zero-order valence-electron chi connectivity index (χ0n) is 11.0. The summed E-state index contributed by atoms with van der Waals surface area (Å²) in [5.41, 5.74) is 0. The topological polar surface area (TPSA) is 15.8 Å². The molecule has 0 saturated carbocycles. The Morgan fingerprint density at radius 3 is 1.71 bits per heavy atom. The number of allylic oxidation sites excluding steroid dienone is 4. The molecule has 17 heavy (non-hydrogen) atoms. The first kappa shape index (κ1) is 43.4. The Morgan fingerprint density at radius 1 is 1.00 bits per heavy atom. The van der Waals surface area contributed by atoms with Crippen LogP contribution < -0.4 is 0 Å². The second kappa shape index (κ2) is 36.0. The van der Waals surface area contributed by atoms with Crippen LogP contribution in [0.5, 0.6) is 0 Å². The van der Waals surface area contributed by atoms with Crippen molar-refractivity contribution in [2.45, 2.75) is 6.42 Å². The Balaban J connectivity index is -0.0000000167. The average Bonchev–Trinajstić information content (AvgIpc) is 2.67. The van der Waals surface area contributed by atoms with Gasteiger partial charge in [-0.3, -0.25) is 6.08 Å². The fraction of sp³-hybridized carbons (Fsp3) is 0.0769. The Morgan fingerprint density at radius 2 is 1.59 bits per heavy atom. The van der Waals surface area contributed by atoms with E-state index in [0.717, 1.165) is 6.42 Å². The van der Waals surface area contributed by atoms with Gasteiger partial charge in [0.1, 0.15) is 0 Å². The number of H-pyrrole nitrogens is 1. The van der Waals surface area contributed by atoms with Gasteiger partial charge in [0.15, 0.2) is 0 Å². The van der Waals surface area contributed by atoms with Crippen LogP contribution in [0.4, 0.5) is 0 Å². The third-order valence-corrected chi connectivity index (χ3v) is 1.03. The van der Waals surface area contributed by atoms with Gasteiger partial charge in [-0.1, -0.05) is 0 Å². The van der Waals surface area contributed by atoms with Crippen molar-refractivity contribution in [3.63, 3.8) is 0 Å². The Labute approximate surface area is 140 Å². The number of halogens is 2. The van der Waals surface area contributed by atoms with Gasteiger partial charge in [-0.25, -0.2) is 12.2 Å². The minimum Gasteiger partial charge on any atom is -0.484 e. The first-order valence-electron chi connectivity index (χ1n) is 3.21. The summed E-state index contributed by atoms with van der Waals surface area (Å²) in [7, 11) is 0. The summed E-state index contributed by atoms with van der Waals surface area (Å²) < 4.78 is 0. The van der Waals surface area contributed by atoms with E-state index in [-0.39, 0.29) is 80.7 Å². The molecular formula is C13H23Cl2NZr-6. The second-order valence-corrected chi connectivity index (χ2v) is 1.82. The van der Waals surface area contributed by atoms with Crippen molar-refractivity contribution in [1.29, 1.82) is 0 Å². The standard InChI is InChI=1S/C5H5.C4H4N.4CH3.2ClH.Zr/c2*1-2-4-5-3-1;;;;;;;/h1-3H,4H2;1-3,5H;4*1H3;2*1H;/q6*-1;;;. The smallest absolute Gasteiger partial charge is 0 e. The van der Waals surface area contributed by atoms with Crippen LogP contribution in [0.15, 0.2) is 36.6 Å². The van der Waals surface area contributed by atoms with Crippen molar-refractivity contribution < 1.29 is 26.2 Å². The first-order valence-corrected chi connectivity index (χ1v) is 3.21. The Hall–Kier alpha value is 0.223. The van der Waals surface area contributed by atoms with Gasteiger partial charge in [-0.05, 0) is 0 Å². The molecule has 0 radical (unpaired) electrons. The summed E-state index contributed by atoms with van der Waals surface area (Å²) >= 11 is 0. The van der Waals surface area contributed by atoms with Crippen LogP contribution >= 0.6 is 24.8 Å². The van der Waals surface area contributed by atoms with Gasteiger partial charge < -0.3 is 34.7 Å². The Kier molecular flexibility index (Phi) is 91.8. The molecule has 0 aliphatic heterocycles. The number of aromatic amines is 1. The van der Waals surface area contributed by atoms with Crippen molar-refractivity contribution in [2.75, 3.05) is 0 Å². The van der Waals surface area contributed by atoms with E-state index >= 15 is 0 Å². The molecule has 0 unspecified atom stereocenters. The number of rotatable bonds is 0. The van der Waals surface area contributed by atoms with Gasteiger partial charge in [0.2, 0.25) is 0 Å². The maximum atomic E-state index is 2.99. The van der Waals surface area contributed by atoms with Gasteiger partial charge in [0.05, 0.1) is 0 Å². The first-order chi connectivity index (χ1) is 5.00. The molecule has 0 atom stereocenters. The van der Waals surface area contributed by atoms with Crippen LogP contribution in [0.2, 0.25) is 0 Å². The van der Waals surface area contributed by atoms with E-state index in [4.69, 9.17) is 0 Å². The molecule has 0 saturated heterocycles. The van der Waals surface area contributed by atoms with Crippen molar-refractivity contribution in [3.8, 4) is 0 Å². The van der Waals surface area contributed by atoms with Crippen molar-refractivity contribution in [1.82, 2.24) is 4.98 Å². The number of aromatic nitrogens is 1. The second-order valence-electron chi connectivity index (χ2n) is 1.82. The van der Waals surface area contributed by atoms with E-state index in [1.807, 2.05) is 30.5 Å². The maximum absolute atomic E-state index is 2.99. The summed E-state index contributed by atoms with van der Waals surface area (Å²) in [4.78, 5) is 2.74. The quantitative estimate of drug-likeness (QED) is 0.646. The number of hydrogen-bond acceptors (Lipinski definition) is 0. The van der Waals surface area contributed by atoms with Crippen LogP contribution in [0.1, 0.15) is 6.42 Å². The normalized spacial score (nSPS) is 7.53. The monoisotopic (exact) mass is 353 g/mol. The van der Waals surface area contributed by atoms with Crippen LogP contribution in [0.3, 0.4) is 0 Å². The molecule has 1 heterocycles. The van der Waals surface area contributed by atoms with Gasteiger partial charge >= 0.3 is 0 Å². The minimum absolute atomic E-state index is 0. The molecule has 1 aliphatic rings. The summed E-state index contributed by atoms with van der Waals surface area (Å²) in [5.74, 6) is 0. The predicted octanol–water partition coefficient (Wildman–Crippen LogP) is 4.76. The molecule has 1 nitrogen and oxygen atoms in total. The van der Waals surface area contributed by atoms with E-state index in [1.165, 1.54) is 0 Å². The van der Waals surface area contributed by atoms with E-state index in [0.29, 0.717) is 0 Å². The van der Waals surface area contributed by atoms with Crippen LogP contribution in [-0.4, -0.2) is 4.98 Å².